The summed E-state index contributed by atoms with van der Waals surface area (Å²) in [4.78, 5) is 30.2. The minimum absolute atomic E-state index is 0.202. The molecule has 2 aromatic carbocycles. The SMILES string of the molecule is CN(CC(=O)Nc1ccc(OC(F)(F)F)cc1)C(=O)c1ccc2ccccc2n1. The summed E-state index contributed by atoms with van der Waals surface area (Å²) in [6.45, 7) is -0.256. The second kappa shape index (κ2) is 8.17. The molecule has 0 aliphatic carbocycles. The molecule has 0 bridgehead atoms. The second-order valence-corrected chi connectivity index (χ2v) is 6.17. The van der Waals surface area contributed by atoms with Crippen molar-refractivity contribution in [3.63, 3.8) is 0 Å². The van der Waals surface area contributed by atoms with E-state index in [-0.39, 0.29) is 17.9 Å². The first-order valence-corrected chi connectivity index (χ1v) is 8.48. The molecule has 0 radical (unpaired) electrons. The van der Waals surface area contributed by atoms with Crippen LogP contribution in [0.15, 0.2) is 60.7 Å². The first-order chi connectivity index (χ1) is 13.7. The molecule has 3 aromatic rings. The number of halogens is 3. The minimum atomic E-state index is -4.79. The Kier molecular flexibility index (Phi) is 5.67. The number of ether oxygens (including phenoxy) is 1. The molecule has 9 heteroatoms. The number of carbonyl (C=O) groups is 2. The normalized spacial score (nSPS) is 11.2. The van der Waals surface area contributed by atoms with Gasteiger partial charge in [0.1, 0.15) is 11.4 Å². The van der Waals surface area contributed by atoms with Gasteiger partial charge >= 0.3 is 6.36 Å². The smallest absolute Gasteiger partial charge is 0.406 e. The van der Waals surface area contributed by atoms with Crippen molar-refractivity contribution in [2.45, 2.75) is 6.36 Å². The number of aromatic nitrogens is 1. The largest absolute Gasteiger partial charge is 0.573 e. The van der Waals surface area contributed by atoms with Crippen LogP contribution < -0.4 is 10.1 Å². The molecule has 150 valence electrons. The summed E-state index contributed by atoms with van der Waals surface area (Å²) in [7, 11) is 1.46. The zero-order valence-electron chi connectivity index (χ0n) is 15.2. The maximum Gasteiger partial charge on any atom is 0.573 e. The van der Waals surface area contributed by atoms with Gasteiger partial charge in [0.05, 0.1) is 12.1 Å². The Hall–Kier alpha value is -3.62. The highest BCUT2D eigenvalue weighted by Crippen LogP contribution is 2.24. The van der Waals surface area contributed by atoms with Crippen molar-refractivity contribution in [3.8, 4) is 5.75 Å². The van der Waals surface area contributed by atoms with Crippen molar-refractivity contribution in [2.75, 3.05) is 18.9 Å². The second-order valence-electron chi connectivity index (χ2n) is 6.17. The van der Waals surface area contributed by atoms with E-state index in [9.17, 15) is 22.8 Å². The number of carbonyl (C=O) groups excluding carboxylic acids is 2. The summed E-state index contributed by atoms with van der Waals surface area (Å²) in [5.41, 5.74) is 1.14. The topological polar surface area (TPSA) is 71.5 Å². The third-order valence-corrected chi connectivity index (χ3v) is 3.92. The lowest BCUT2D eigenvalue weighted by atomic mass is 10.2. The standard InChI is InChI=1S/C20H16F3N3O3/c1-26(19(28)17-11-6-13-4-2-3-5-16(13)25-17)12-18(27)24-14-7-9-15(10-8-14)29-20(21,22)23/h2-11H,12H2,1H3,(H,24,27). The molecule has 0 unspecified atom stereocenters. The fourth-order valence-electron chi connectivity index (χ4n) is 2.61. The molecule has 1 aromatic heterocycles. The number of nitrogens with zero attached hydrogens (tertiary/aromatic N) is 2. The molecular weight excluding hydrogens is 387 g/mol. The number of rotatable bonds is 5. The Bertz CT molecular complexity index is 1040. The molecule has 3 rings (SSSR count). The molecule has 0 saturated carbocycles. The molecule has 1 heterocycles. The van der Waals surface area contributed by atoms with E-state index in [1.165, 1.54) is 24.1 Å². The Morgan fingerprint density at radius 1 is 1.03 bits per heavy atom. The first kappa shape index (κ1) is 20.1. The average Bonchev–Trinajstić information content (AvgIpc) is 2.67. The minimum Gasteiger partial charge on any atom is -0.406 e. The van der Waals surface area contributed by atoms with Gasteiger partial charge in [-0.15, -0.1) is 13.2 Å². The van der Waals surface area contributed by atoms with Crippen LogP contribution in [0.4, 0.5) is 18.9 Å². The summed E-state index contributed by atoms with van der Waals surface area (Å²) in [5, 5.41) is 3.40. The highest BCUT2D eigenvalue weighted by Gasteiger charge is 2.31. The average molecular weight is 403 g/mol. The van der Waals surface area contributed by atoms with Gasteiger partial charge in [-0.25, -0.2) is 4.98 Å². The summed E-state index contributed by atoms with van der Waals surface area (Å²) in [6, 6.07) is 15.4. The Balaban J connectivity index is 1.60. The predicted molar refractivity (Wildman–Crippen MR) is 100 cm³/mol. The van der Waals surface area contributed by atoms with E-state index in [2.05, 4.69) is 15.0 Å². The molecule has 2 amide bonds. The van der Waals surface area contributed by atoms with Crippen molar-refractivity contribution in [3.05, 3.63) is 66.4 Å². The highest BCUT2D eigenvalue weighted by atomic mass is 19.4. The van der Waals surface area contributed by atoms with Gasteiger partial charge < -0.3 is 15.0 Å². The van der Waals surface area contributed by atoms with Crippen LogP contribution in [-0.2, 0) is 4.79 Å². The highest BCUT2D eigenvalue weighted by molar-refractivity contribution is 5.99. The van der Waals surface area contributed by atoms with Crippen molar-refractivity contribution < 1.29 is 27.5 Å². The quantitative estimate of drug-likeness (QED) is 0.703. The Morgan fingerprint density at radius 3 is 2.41 bits per heavy atom. The maximum atomic E-state index is 12.5. The van der Waals surface area contributed by atoms with E-state index >= 15 is 0 Å². The van der Waals surface area contributed by atoms with Crippen LogP contribution in [0, 0.1) is 0 Å². The van der Waals surface area contributed by atoms with Gasteiger partial charge in [0.15, 0.2) is 0 Å². The maximum absolute atomic E-state index is 12.5. The molecule has 0 aliphatic rings. The van der Waals surface area contributed by atoms with Crippen LogP contribution in [-0.4, -0.2) is 41.7 Å². The molecular formula is C20H16F3N3O3. The number of likely N-dealkylation sites (N-methyl/N-ethyl adjacent to an activating group) is 1. The summed E-state index contributed by atoms with van der Waals surface area (Å²) in [6.07, 6.45) is -4.79. The van der Waals surface area contributed by atoms with Gasteiger partial charge in [-0.1, -0.05) is 24.3 Å². The molecule has 0 fully saturated rings. The first-order valence-electron chi connectivity index (χ1n) is 8.48. The van der Waals surface area contributed by atoms with Crippen LogP contribution in [0.5, 0.6) is 5.75 Å². The van der Waals surface area contributed by atoms with Crippen LogP contribution in [0.1, 0.15) is 10.5 Å². The number of nitrogens with one attached hydrogen (secondary N) is 1. The van der Waals surface area contributed by atoms with Gasteiger partial charge in [0.2, 0.25) is 5.91 Å². The third kappa shape index (κ3) is 5.44. The van der Waals surface area contributed by atoms with E-state index in [1.54, 1.807) is 18.2 Å². The zero-order valence-corrected chi connectivity index (χ0v) is 15.2. The summed E-state index contributed by atoms with van der Waals surface area (Å²) in [5.74, 6) is -1.34. The lowest BCUT2D eigenvalue weighted by Gasteiger charge is -2.17. The number of amides is 2. The number of benzene rings is 2. The van der Waals surface area contributed by atoms with Crippen molar-refractivity contribution in [2.24, 2.45) is 0 Å². The van der Waals surface area contributed by atoms with Crippen molar-refractivity contribution in [1.29, 1.82) is 0 Å². The number of hydrogen-bond acceptors (Lipinski definition) is 4. The number of alkyl halides is 3. The molecule has 0 atom stereocenters. The van der Waals surface area contributed by atoms with Gasteiger partial charge in [-0.3, -0.25) is 9.59 Å². The lowest BCUT2D eigenvalue weighted by Crippen LogP contribution is -2.35. The van der Waals surface area contributed by atoms with Crippen molar-refractivity contribution in [1.82, 2.24) is 9.88 Å². The summed E-state index contributed by atoms with van der Waals surface area (Å²) >= 11 is 0. The molecule has 29 heavy (non-hydrogen) atoms. The van der Waals surface area contributed by atoms with Gasteiger partial charge in [0.25, 0.3) is 5.91 Å². The molecule has 6 nitrogen and oxygen atoms in total. The Morgan fingerprint density at radius 2 is 1.72 bits per heavy atom. The predicted octanol–water partition coefficient (Wildman–Crippen LogP) is 3.84. The van der Waals surface area contributed by atoms with Gasteiger partial charge in [-0.05, 0) is 36.4 Å². The number of hydrogen-bond donors (Lipinski definition) is 1. The fourth-order valence-corrected chi connectivity index (χ4v) is 2.61. The monoisotopic (exact) mass is 403 g/mol. The van der Waals surface area contributed by atoms with E-state index < -0.39 is 23.9 Å². The van der Waals surface area contributed by atoms with Crippen LogP contribution >= 0.6 is 0 Å². The zero-order chi connectivity index (χ0) is 21.0. The number of pyridine rings is 1. The third-order valence-electron chi connectivity index (χ3n) is 3.92. The van der Waals surface area contributed by atoms with E-state index in [1.807, 2.05) is 18.2 Å². The van der Waals surface area contributed by atoms with Crippen LogP contribution in [0.3, 0.4) is 0 Å². The number of fused-ring (bicyclic) bond motifs is 1. The van der Waals surface area contributed by atoms with Gasteiger partial charge in [0, 0.05) is 18.1 Å². The molecule has 0 spiro atoms. The van der Waals surface area contributed by atoms with E-state index in [0.717, 1.165) is 17.5 Å². The van der Waals surface area contributed by atoms with E-state index in [0.29, 0.717) is 5.52 Å². The van der Waals surface area contributed by atoms with E-state index in [4.69, 9.17) is 0 Å². The molecule has 0 saturated heterocycles. The van der Waals surface area contributed by atoms with Crippen LogP contribution in [0.2, 0.25) is 0 Å². The van der Waals surface area contributed by atoms with Gasteiger partial charge in [-0.2, -0.15) is 0 Å². The van der Waals surface area contributed by atoms with Crippen LogP contribution in [0.25, 0.3) is 10.9 Å². The molecule has 1 N–H and O–H groups in total. The lowest BCUT2D eigenvalue weighted by molar-refractivity contribution is -0.274. The fraction of sp³-hybridized carbons (Fsp3) is 0.150. The van der Waals surface area contributed by atoms with Crippen molar-refractivity contribution >= 4 is 28.4 Å². The Labute approximate surface area is 163 Å². The molecule has 0 aliphatic heterocycles. The number of para-hydroxylation sites is 1. The number of anilines is 1. The summed E-state index contributed by atoms with van der Waals surface area (Å²) < 4.78 is 40.3.